The Balaban J connectivity index is 3.28. The molecule has 0 aliphatic rings. The lowest BCUT2D eigenvalue weighted by molar-refractivity contribution is -0.393. The van der Waals surface area contributed by atoms with Crippen molar-refractivity contribution >= 4 is 34.8 Å². The molecular weight excluding hydrogens is 392 g/mol. The number of nitrogens with zero attached hydrogens (tertiary/aromatic N) is 3. The van der Waals surface area contributed by atoms with Gasteiger partial charge in [-0.1, -0.05) is 25.4 Å². The van der Waals surface area contributed by atoms with E-state index >= 15 is 0 Å². The number of halogens is 1. The third kappa shape index (κ3) is 5.62. The van der Waals surface area contributed by atoms with E-state index < -0.39 is 38.2 Å². The summed E-state index contributed by atoms with van der Waals surface area (Å²) in [5.41, 5.74) is -1.82. The van der Waals surface area contributed by atoms with Crippen LogP contribution < -0.4 is 5.32 Å². The molecule has 154 valence electrons. The van der Waals surface area contributed by atoms with Crippen molar-refractivity contribution in [2.45, 2.75) is 40.2 Å². The van der Waals surface area contributed by atoms with Gasteiger partial charge in [-0.2, -0.15) is 0 Å². The van der Waals surface area contributed by atoms with Gasteiger partial charge in [0.15, 0.2) is 5.02 Å². The van der Waals surface area contributed by atoms with Crippen molar-refractivity contribution in [3.8, 4) is 0 Å². The number of nitrogens with one attached hydrogen (secondary N) is 1. The van der Waals surface area contributed by atoms with Gasteiger partial charge in [0.05, 0.1) is 15.4 Å². The van der Waals surface area contributed by atoms with Gasteiger partial charge in [0.1, 0.15) is 6.04 Å². The predicted octanol–water partition coefficient (Wildman–Crippen LogP) is 3.17. The van der Waals surface area contributed by atoms with Crippen LogP contribution in [0.25, 0.3) is 0 Å². The van der Waals surface area contributed by atoms with Crippen LogP contribution in [-0.4, -0.2) is 45.7 Å². The van der Waals surface area contributed by atoms with E-state index in [1.165, 1.54) is 0 Å². The molecule has 2 amide bonds. The molecule has 1 rings (SSSR count). The predicted molar refractivity (Wildman–Crippen MR) is 103 cm³/mol. The van der Waals surface area contributed by atoms with Crippen LogP contribution in [0.3, 0.4) is 0 Å². The second-order valence-electron chi connectivity index (χ2n) is 6.51. The minimum atomic E-state index is -0.904. The first-order chi connectivity index (χ1) is 13.0. The van der Waals surface area contributed by atoms with Gasteiger partial charge < -0.3 is 10.2 Å². The number of likely N-dealkylation sites (N-methyl/N-ethyl adjacent to an activating group) is 1. The van der Waals surface area contributed by atoms with Crippen LogP contribution in [0.15, 0.2) is 12.1 Å². The highest BCUT2D eigenvalue weighted by molar-refractivity contribution is 6.35. The normalized spacial score (nSPS) is 11.8. The quantitative estimate of drug-likeness (QED) is 0.486. The van der Waals surface area contributed by atoms with Crippen LogP contribution in [0.1, 0.15) is 44.5 Å². The van der Waals surface area contributed by atoms with E-state index in [4.69, 9.17) is 11.6 Å². The Morgan fingerprint density at radius 2 is 1.57 bits per heavy atom. The van der Waals surface area contributed by atoms with Gasteiger partial charge in [-0.25, -0.2) is 0 Å². The Morgan fingerprint density at radius 3 is 1.93 bits per heavy atom. The highest BCUT2D eigenvalue weighted by atomic mass is 35.5. The molecule has 0 aromatic heterocycles. The smallest absolute Gasteiger partial charge is 0.295 e. The van der Waals surface area contributed by atoms with Gasteiger partial charge in [0, 0.05) is 25.2 Å². The van der Waals surface area contributed by atoms with E-state index in [1.54, 1.807) is 4.90 Å². The second-order valence-corrected chi connectivity index (χ2v) is 6.89. The van der Waals surface area contributed by atoms with Crippen molar-refractivity contribution in [2.24, 2.45) is 5.92 Å². The number of carbonyl (C=O) groups is 2. The summed E-state index contributed by atoms with van der Waals surface area (Å²) in [6.07, 6.45) is 0.346. The van der Waals surface area contributed by atoms with Crippen LogP contribution in [0.4, 0.5) is 11.4 Å². The highest BCUT2D eigenvalue weighted by Gasteiger charge is 2.30. The number of nitro groups is 2. The number of benzene rings is 1. The molecule has 10 nitrogen and oxygen atoms in total. The number of hydrogen-bond acceptors (Lipinski definition) is 6. The zero-order valence-electron chi connectivity index (χ0n) is 16.1. The lowest BCUT2D eigenvalue weighted by Crippen LogP contribution is -2.49. The molecule has 0 saturated heterocycles. The lowest BCUT2D eigenvalue weighted by Gasteiger charge is -2.27. The average Bonchev–Trinajstić information content (AvgIpc) is 2.61. The van der Waals surface area contributed by atoms with Crippen LogP contribution in [-0.2, 0) is 4.79 Å². The molecule has 1 N–H and O–H groups in total. The molecule has 1 aromatic rings. The number of hydrogen-bond donors (Lipinski definition) is 1. The van der Waals surface area contributed by atoms with Crippen molar-refractivity contribution in [3.63, 3.8) is 0 Å². The second kappa shape index (κ2) is 9.98. The summed E-state index contributed by atoms with van der Waals surface area (Å²) in [4.78, 5) is 47.3. The van der Waals surface area contributed by atoms with E-state index in [2.05, 4.69) is 5.32 Å². The fourth-order valence-electron chi connectivity index (χ4n) is 2.68. The van der Waals surface area contributed by atoms with E-state index in [0.717, 1.165) is 12.1 Å². The fourth-order valence-corrected chi connectivity index (χ4v) is 2.93. The third-order valence-electron chi connectivity index (χ3n) is 4.08. The third-order valence-corrected chi connectivity index (χ3v) is 4.46. The van der Waals surface area contributed by atoms with Crippen molar-refractivity contribution in [1.82, 2.24) is 10.2 Å². The summed E-state index contributed by atoms with van der Waals surface area (Å²) >= 11 is 5.70. The van der Waals surface area contributed by atoms with Crippen molar-refractivity contribution in [2.75, 3.05) is 13.1 Å². The summed E-state index contributed by atoms with van der Waals surface area (Å²) in [5, 5.41) is 24.1. The van der Waals surface area contributed by atoms with Gasteiger partial charge in [0.2, 0.25) is 5.91 Å². The lowest BCUT2D eigenvalue weighted by atomic mass is 10.0. The summed E-state index contributed by atoms with van der Waals surface area (Å²) in [5.74, 6) is -1.03. The Bertz CT molecular complexity index is 744. The zero-order chi connectivity index (χ0) is 21.6. The van der Waals surface area contributed by atoms with Crippen molar-refractivity contribution in [1.29, 1.82) is 0 Å². The van der Waals surface area contributed by atoms with Crippen LogP contribution >= 0.6 is 11.6 Å². The molecule has 0 fully saturated rings. The Hall–Kier alpha value is -2.75. The summed E-state index contributed by atoms with van der Waals surface area (Å²) in [6, 6.07) is 0.860. The fraction of sp³-hybridized carbons (Fsp3) is 0.529. The van der Waals surface area contributed by atoms with Gasteiger partial charge >= 0.3 is 0 Å². The number of amides is 2. The molecule has 0 saturated carbocycles. The summed E-state index contributed by atoms with van der Waals surface area (Å²) in [6.45, 7) is 8.29. The molecule has 0 radical (unpaired) electrons. The van der Waals surface area contributed by atoms with Gasteiger partial charge in [-0.05, 0) is 26.2 Å². The molecule has 1 atom stereocenters. The molecule has 11 heteroatoms. The van der Waals surface area contributed by atoms with Crippen molar-refractivity contribution < 1.29 is 19.4 Å². The summed E-state index contributed by atoms with van der Waals surface area (Å²) in [7, 11) is 0. The first-order valence-electron chi connectivity index (χ1n) is 8.75. The Morgan fingerprint density at radius 1 is 1.11 bits per heavy atom. The molecule has 1 aromatic carbocycles. The molecular formula is C17H23ClN4O6. The van der Waals surface area contributed by atoms with E-state index in [0.29, 0.717) is 19.5 Å². The first-order valence-corrected chi connectivity index (χ1v) is 9.13. The van der Waals surface area contributed by atoms with Crippen LogP contribution in [0.5, 0.6) is 0 Å². The Labute approximate surface area is 167 Å². The van der Waals surface area contributed by atoms with E-state index in [1.807, 2.05) is 27.7 Å². The first kappa shape index (κ1) is 23.3. The standard InChI is InChI=1S/C17H23ClN4O6/c1-5-20(6-2)17(24)12(7-10(3)4)19-16(23)11-8-13(21(25)26)15(18)14(9-11)22(27)28/h8-10,12H,5-7H2,1-4H3,(H,19,23)/t12-/m1/s1. The zero-order valence-corrected chi connectivity index (χ0v) is 16.9. The molecule has 28 heavy (non-hydrogen) atoms. The molecule has 0 aliphatic carbocycles. The van der Waals surface area contributed by atoms with Crippen LogP contribution in [0, 0.1) is 26.1 Å². The molecule has 0 bridgehead atoms. The summed E-state index contributed by atoms with van der Waals surface area (Å²) < 4.78 is 0. The van der Waals surface area contributed by atoms with Gasteiger partial charge in [-0.15, -0.1) is 0 Å². The topological polar surface area (TPSA) is 136 Å². The molecule has 0 aliphatic heterocycles. The molecule has 0 unspecified atom stereocenters. The minimum absolute atomic E-state index is 0.0821. The number of nitro benzene ring substituents is 2. The molecule has 0 heterocycles. The maximum Gasteiger partial charge on any atom is 0.295 e. The van der Waals surface area contributed by atoms with Crippen LogP contribution in [0.2, 0.25) is 5.02 Å². The Kier molecular flexibility index (Phi) is 8.30. The number of rotatable bonds is 9. The maximum atomic E-state index is 12.7. The SMILES string of the molecule is CCN(CC)C(=O)[C@@H](CC(C)C)NC(=O)c1cc([N+](=O)[O-])c(Cl)c([N+](=O)[O-])c1. The monoisotopic (exact) mass is 414 g/mol. The largest absolute Gasteiger partial charge is 0.341 e. The maximum absolute atomic E-state index is 12.7. The van der Waals surface area contributed by atoms with E-state index in [-0.39, 0.29) is 17.4 Å². The minimum Gasteiger partial charge on any atom is -0.341 e. The van der Waals surface area contributed by atoms with Gasteiger partial charge in [-0.3, -0.25) is 29.8 Å². The highest BCUT2D eigenvalue weighted by Crippen LogP contribution is 2.34. The molecule has 0 spiro atoms. The van der Waals surface area contributed by atoms with Gasteiger partial charge in [0.25, 0.3) is 17.3 Å². The average molecular weight is 415 g/mol. The van der Waals surface area contributed by atoms with Crippen molar-refractivity contribution in [3.05, 3.63) is 42.9 Å². The van der Waals surface area contributed by atoms with E-state index in [9.17, 15) is 29.8 Å². The number of carbonyl (C=O) groups excluding carboxylic acids is 2.